The summed E-state index contributed by atoms with van der Waals surface area (Å²) in [5.41, 5.74) is 0.895. The Labute approximate surface area is 113 Å². The maximum absolute atomic E-state index is 10.9. The van der Waals surface area contributed by atoms with Gasteiger partial charge >= 0.3 is 5.97 Å². The number of carboxylic acid groups (broad SMARTS) is 1. The van der Waals surface area contributed by atoms with Crippen molar-refractivity contribution in [3.05, 3.63) is 24.0 Å². The average Bonchev–Trinajstić information content (AvgIpc) is 2.40. The van der Waals surface area contributed by atoms with E-state index in [1.165, 1.54) is 38.5 Å². The lowest BCUT2D eigenvalue weighted by Crippen LogP contribution is -2.38. The van der Waals surface area contributed by atoms with Gasteiger partial charge in [0.15, 0.2) is 0 Å². The van der Waals surface area contributed by atoms with Gasteiger partial charge in [0.05, 0.1) is 0 Å². The number of nitrogens with one attached hydrogen (secondary N) is 1. The molecule has 1 unspecified atom stereocenters. The summed E-state index contributed by atoms with van der Waals surface area (Å²) in [5, 5.41) is 12.2. The van der Waals surface area contributed by atoms with Gasteiger partial charge in [-0.15, -0.1) is 0 Å². The Morgan fingerprint density at radius 1 is 1.47 bits per heavy atom. The fourth-order valence-corrected chi connectivity index (χ4v) is 2.50. The van der Waals surface area contributed by atoms with Crippen molar-refractivity contribution in [2.75, 3.05) is 25.0 Å². The van der Waals surface area contributed by atoms with E-state index in [1.54, 1.807) is 12.1 Å². The monoisotopic (exact) mass is 263 g/mol. The van der Waals surface area contributed by atoms with E-state index in [1.807, 2.05) is 0 Å². The Hall–Kier alpha value is -1.62. The van der Waals surface area contributed by atoms with E-state index < -0.39 is 5.97 Å². The lowest BCUT2D eigenvalue weighted by atomic mass is 10.1. The predicted molar refractivity (Wildman–Crippen MR) is 74.6 cm³/mol. The van der Waals surface area contributed by atoms with Gasteiger partial charge in [-0.2, -0.15) is 0 Å². The van der Waals surface area contributed by atoms with Crippen LogP contribution in [0.4, 0.5) is 5.69 Å². The van der Waals surface area contributed by atoms with Crippen molar-refractivity contribution >= 4 is 11.7 Å². The van der Waals surface area contributed by atoms with Crippen molar-refractivity contribution in [2.24, 2.45) is 0 Å². The molecule has 1 aliphatic heterocycles. The van der Waals surface area contributed by atoms with Gasteiger partial charge in [-0.1, -0.05) is 6.42 Å². The first-order valence-corrected chi connectivity index (χ1v) is 6.83. The van der Waals surface area contributed by atoms with Crippen molar-refractivity contribution in [1.82, 2.24) is 9.88 Å². The molecule has 104 valence electrons. The number of likely N-dealkylation sites (tertiary alicyclic amines) is 1. The first kappa shape index (κ1) is 13.8. The van der Waals surface area contributed by atoms with E-state index in [-0.39, 0.29) is 5.69 Å². The maximum Gasteiger partial charge on any atom is 0.354 e. The number of pyridine rings is 1. The topological polar surface area (TPSA) is 65.5 Å². The summed E-state index contributed by atoms with van der Waals surface area (Å²) in [6, 6.07) is 3.68. The maximum atomic E-state index is 10.9. The van der Waals surface area contributed by atoms with Crippen LogP contribution in [0.15, 0.2) is 18.3 Å². The molecule has 2 rings (SSSR count). The first-order valence-electron chi connectivity index (χ1n) is 6.83. The Balaban J connectivity index is 1.88. The zero-order chi connectivity index (χ0) is 13.7. The molecule has 1 aromatic heterocycles. The zero-order valence-electron chi connectivity index (χ0n) is 11.3. The molecule has 0 amide bonds. The second-order valence-electron chi connectivity index (χ2n) is 5.14. The minimum absolute atomic E-state index is 0.0789. The molecule has 0 aliphatic carbocycles. The molecule has 1 fully saturated rings. The van der Waals surface area contributed by atoms with Crippen LogP contribution in [-0.4, -0.2) is 46.6 Å². The third-order valence-corrected chi connectivity index (χ3v) is 3.37. The van der Waals surface area contributed by atoms with Crippen LogP contribution in [0.5, 0.6) is 0 Å². The molecular formula is C14H21N3O2. The lowest BCUT2D eigenvalue weighted by molar-refractivity contribution is 0.0690. The number of piperidine rings is 1. The van der Waals surface area contributed by atoms with Crippen LogP contribution in [0.1, 0.15) is 36.7 Å². The molecule has 19 heavy (non-hydrogen) atoms. The Morgan fingerprint density at radius 3 is 2.89 bits per heavy atom. The van der Waals surface area contributed by atoms with Crippen molar-refractivity contribution in [2.45, 2.75) is 32.2 Å². The Morgan fingerprint density at radius 2 is 2.21 bits per heavy atom. The molecular weight excluding hydrogens is 242 g/mol. The highest BCUT2D eigenvalue weighted by Gasteiger charge is 2.13. The summed E-state index contributed by atoms with van der Waals surface area (Å²) in [6.07, 6.45) is 5.43. The number of nitrogens with zero attached hydrogens (tertiary/aromatic N) is 2. The van der Waals surface area contributed by atoms with Gasteiger partial charge in [-0.3, -0.25) is 0 Å². The number of carboxylic acids is 1. The summed E-state index contributed by atoms with van der Waals surface area (Å²) in [6.45, 7) is 5.45. The summed E-state index contributed by atoms with van der Waals surface area (Å²) in [5.74, 6) is -0.993. The Kier molecular flexibility index (Phi) is 4.74. The molecule has 1 aliphatic rings. The molecule has 0 spiro atoms. The third kappa shape index (κ3) is 4.21. The van der Waals surface area contributed by atoms with Crippen LogP contribution in [-0.2, 0) is 0 Å². The van der Waals surface area contributed by atoms with E-state index in [0.717, 1.165) is 12.2 Å². The fraction of sp³-hybridized carbons (Fsp3) is 0.571. The smallest absolute Gasteiger partial charge is 0.354 e. The van der Waals surface area contributed by atoms with Crippen molar-refractivity contribution in [3.8, 4) is 0 Å². The number of hydrogen-bond acceptors (Lipinski definition) is 4. The van der Waals surface area contributed by atoms with Gasteiger partial charge in [-0.25, -0.2) is 9.78 Å². The molecule has 5 heteroatoms. The van der Waals surface area contributed by atoms with Crippen molar-refractivity contribution in [1.29, 1.82) is 0 Å². The number of carbonyl (C=O) groups is 1. The summed E-state index contributed by atoms with van der Waals surface area (Å²) < 4.78 is 0. The van der Waals surface area contributed by atoms with E-state index in [0.29, 0.717) is 6.04 Å². The van der Waals surface area contributed by atoms with E-state index in [9.17, 15) is 4.79 Å². The molecule has 0 saturated carbocycles. The minimum atomic E-state index is -0.993. The van der Waals surface area contributed by atoms with E-state index in [2.05, 4.69) is 22.1 Å². The molecule has 1 atom stereocenters. The second-order valence-corrected chi connectivity index (χ2v) is 5.14. The average molecular weight is 263 g/mol. The normalized spacial score (nSPS) is 17.9. The third-order valence-electron chi connectivity index (χ3n) is 3.37. The number of hydrogen-bond donors (Lipinski definition) is 2. The second kappa shape index (κ2) is 6.52. The van der Waals surface area contributed by atoms with Crippen molar-refractivity contribution in [3.63, 3.8) is 0 Å². The van der Waals surface area contributed by atoms with E-state index in [4.69, 9.17) is 5.11 Å². The highest BCUT2D eigenvalue weighted by Crippen LogP contribution is 2.12. The van der Waals surface area contributed by atoms with Gasteiger partial charge in [0.1, 0.15) is 5.69 Å². The fourth-order valence-electron chi connectivity index (χ4n) is 2.50. The SMILES string of the molecule is CC(CN1CCCCC1)Nc1ccnc(C(=O)O)c1. The van der Waals surface area contributed by atoms with Gasteiger partial charge in [0.25, 0.3) is 0 Å². The van der Waals surface area contributed by atoms with Crippen LogP contribution in [0, 0.1) is 0 Å². The molecule has 0 bridgehead atoms. The Bertz CT molecular complexity index is 430. The summed E-state index contributed by atoms with van der Waals surface area (Å²) in [7, 11) is 0. The number of aromatic carboxylic acids is 1. The quantitative estimate of drug-likeness (QED) is 0.851. The minimum Gasteiger partial charge on any atom is -0.477 e. The molecule has 2 heterocycles. The highest BCUT2D eigenvalue weighted by atomic mass is 16.4. The summed E-state index contributed by atoms with van der Waals surface area (Å²) >= 11 is 0. The zero-order valence-corrected chi connectivity index (χ0v) is 11.3. The largest absolute Gasteiger partial charge is 0.477 e. The van der Waals surface area contributed by atoms with Crippen LogP contribution < -0.4 is 5.32 Å². The summed E-state index contributed by atoms with van der Waals surface area (Å²) in [4.78, 5) is 17.1. The first-order chi connectivity index (χ1) is 9.15. The van der Waals surface area contributed by atoms with E-state index >= 15 is 0 Å². The van der Waals surface area contributed by atoms with Gasteiger partial charge in [-0.05, 0) is 45.0 Å². The molecule has 0 aromatic carbocycles. The highest BCUT2D eigenvalue weighted by molar-refractivity contribution is 5.86. The molecule has 1 aromatic rings. The molecule has 2 N–H and O–H groups in total. The van der Waals surface area contributed by atoms with Crippen LogP contribution >= 0.6 is 0 Å². The van der Waals surface area contributed by atoms with Crippen LogP contribution in [0.3, 0.4) is 0 Å². The number of aromatic nitrogens is 1. The van der Waals surface area contributed by atoms with Crippen molar-refractivity contribution < 1.29 is 9.90 Å². The molecule has 0 radical (unpaired) electrons. The molecule has 5 nitrogen and oxygen atoms in total. The lowest BCUT2D eigenvalue weighted by Gasteiger charge is -2.29. The van der Waals surface area contributed by atoms with Gasteiger partial charge in [0.2, 0.25) is 0 Å². The number of anilines is 1. The van der Waals surface area contributed by atoms with Gasteiger partial charge in [0, 0.05) is 24.5 Å². The molecule has 1 saturated heterocycles. The van der Waals surface area contributed by atoms with Gasteiger partial charge < -0.3 is 15.3 Å². The van der Waals surface area contributed by atoms with Crippen LogP contribution in [0.2, 0.25) is 0 Å². The standard InChI is InChI=1S/C14H21N3O2/c1-11(10-17-7-3-2-4-8-17)16-12-5-6-15-13(9-12)14(18)19/h5-6,9,11H,2-4,7-8,10H2,1H3,(H,15,16)(H,18,19). The number of rotatable bonds is 5. The predicted octanol–water partition coefficient (Wildman–Crippen LogP) is 2.07. The van der Waals surface area contributed by atoms with Crippen LogP contribution in [0.25, 0.3) is 0 Å².